The van der Waals surface area contributed by atoms with Gasteiger partial charge in [0.05, 0.1) is 18.8 Å². The first-order valence-electron chi connectivity index (χ1n) is 6.20. The van der Waals surface area contributed by atoms with Gasteiger partial charge in [-0.25, -0.2) is 4.79 Å². The fourth-order valence-corrected chi connectivity index (χ4v) is 1.69. The Bertz CT molecular complexity index is 414. The van der Waals surface area contributed by atoms with E-state index >= 15 is 0 Å². The maximum Gasteiger partial charge on any atom is 0.353 e. The van der Waals surface area contributed by atoms with E-state index in [2.05, 4.69) is 10.5 Å². The molecule has 0 aliphatic heterocycles. The Hall–Kier alpha value is -1.79. The van der Waals surface area contributed by atoms with Crippen LogP contribution >= 0.6 is 0 Å². The summed E-state index contributed by atoms with van der Waals surface area (Å²) in [6.07, 6.45) is -8.09. The summed E-state index contributed by atoms with van der Waals surface area (Å²) in [4.78, 5) is 21.8. The van der Waals surface area contributed by atoms with E-state index in [9.17, 15) is 30.0 Å². The predicted molar refractivity (Wildman–Crippen MR) is 70.2 cm³/mol. The molecule has 5 atom stereocenters. The summed E-state index contributed by atoms with van der Waals surface area (Å²) in [7, 11) is 0. The number of carboxylic acid groups (broad SMARTS) is 1. The van der Waals surface area contributed by atoms with Crippen molar-refractivity contribution in [3.63, 3.8) is 0 Å². The average Bonchev–Trinajstić information content (AvgIpc) is 2.46. The number of hydrogen-bond donors (Lipinski definition) is 8. The molecule has 128 valence electrons. The van der Waals surface area contributed by atoms with Gasteiger partial charge in [0.25, 0.3) is 0 Å². The van der Waals surface area contributed by atoms with Crippen LogP contribution in [0.5, 0.6) is 0 Å². The van der Waals surface area contributed by atoms with Crippen molar-refractivity contribution in [1.29, 1.82) is 0 Å². The van der Waals surface area contributed by atoms with Crippen molar-refractivity contribution in [3.8, 4) is 0 Å². The minimum Gasteiger partial charge on any atom is -0.477 e. The second-order valence-corrected chi connectivity index (χ2v) is 4.58. The van der Waals surface area contributed by atoms with E-state index in [1.165, 1.54) is 0 Å². The van der Waals surface area contributed by atoms with Gasteiger partial charge >= 0.3 is 5.97 Å². The number of aliphatic carboxylic acids is 1. The molecule has 0 aromatic rings. The highest BCUT2D eigenvalue weighted by atomic mass is 16.4. The highest BCUT2D eigenvalue weighted by Crippen LogP contribution is 2.12. The minimum absolute atomic E-state index is 0.716. The lowest BCUT2D eigenvalue weighted by Gasteiger charge is -2.32. The molecule has 0 fully saturated rings. The maximum atomic E-state index is 11.1. The molecule has 0 saturated heterocycles. The summed E-state index contributed by atoms with van der Waals surface area (Å²) in [5.74, 6) is -2.35. The van der Waals surface area contributed by atoms with Crippen LogP contribution in [-0.4, -0.2) is 90.5 Å². The Kier molecular flexibility index (Phi) is 8.52. The summed E-state index contributed by atoms with van der Waals surface area (Å²) < 4.78 is 0. The SMILES string of the molecule is CC(=O)N[C@@H]([C@@H](O)[C@H](O)[C@H](O)CO)[C@@H](O)C/C(=N\O)C(=O)O. The summed E-state index contributed by atoms with van der Waals surface area (Å²) in [6.45, 7) is 0.152. The number of aliphatic hydroxyl groups is 5. The minimum atomic E-state index is -1.92. The Labute approximate surface area is 125 Å². The van der Waals surface area contributed by atoms with Crippen molar-refractivity contribution in [2.24, 2.45) is 5.16 Å². The zero-order chi connectivity index (χ0) is 17.4. The fourth-order valence-electron chi connectivity index (χ4n) is 1.69. The molecule has 11 heteroatoms. The number of carbonyl (C=O) groups excluding carboxylic acids is 1. The van der Waals surface area contributed by atoms with E-state index in [-0.39, 0.29) is 0 Å². The van der Waals surface area contributed by atoms with Crippen molar-refractivity contribution >= 4 is 17.6 Å². The van der Waals surface area contributed by atoms with Gasteiger partial charge in [-0.2, -0.15) is 0 Å². The van der Waals surface area contributed by atoms with E-state index in [0.717, 1.165) is 6.92 Å². The Morgan fingerprint density at radius 2 is 1.64 bits per heavy atom. The Morgan fingerprint density at radius 1 is 1.09 bits per heavy atom. The second-order valence-electron chi connectivity index (χ2n) is 4.58. The number of amides is 1. The molecule has 0 aliphatic rings. The molecule has 22 heavy (non-hydrogen) atoms. The zero-order valence-electron chi connectivity index (χ0n) is 11.7. The van der Waals surface area contributed by atoms with E-state index in [0.29, 0.717) is 0 Å². The quantitative estimate of drug-likeness (QED) is 0.119. The maximum absolute atomic E-state index is 11.1. The summed E-state index contributed by atoms with van der Waals surface area (Å²) in [6, 6.07) is -1.58. The summed E-state index contributed by atoms with van der Waals surface area (Å²) in [5.41, 5.74) is -0.841. The molecule has 0 heterocycles. The lowest BCUT2D eigenvalue weighted by Crippen LogP contribution is -2.57. The molecule has 8 N–H and O–H groups in total. The summed E-state index contributed by atoms with van der Waals surface area (Å²) in [5, 5.41) is 69.1. The first kappa shape index (κ1) is 20.2. The molecule has 0 radical (unpaired) electrons. The van der Waals surface area contributed by atoms with Crippen LogP contribution in [0.1, 0.15) is 13.3 Å². The summed E-state index contributed by atoms with van der Waals surface area (Å²) >= 11 is 0. The largest absolute Gasteiger partial charge is 0.477 e. The van der Waals surface area contributed by atoms with Crippen molar-refractivity contribution in [3.05, 3.63) is 0 Å². The number of nitrogens with one attached hydrogen (secondary N) is 1. The van der Waals surface area contributed by atoms with Gasteiger partial charge < -0.3 is 41.2 Å². The van der Waals surface area contributed by atoms with E-state index in [1.807, 2.05) is 0 Å². The predicted octanol–water partition coefficient (Wildman–Crippen LogP) is -3.77. The van der Waals surface area contributed by atoms with Crippen LogP contribution in [0.2, 0.25) is 0 Å². The van der Waals surface area contributed by atoms with Gasteiger partial charge in [0, 0.05) is 13.3 Å². The Morgan fingerprint density at radius 3 is 2.00 bits per heavy atom. The lowest BCUT2D eigenvalue weighted by atomic mass is 9.94. The average molecular weight is 324 g/mol. The normalized spacial score (nSPS) is 18.9. The number of nitrogens with zero attached hydrogens (tertiary/aromatic N) is 1. The number of oxime groups is 1. The van der Waals surface area contributed by atoms with Gasteiger partial charge in [-0.1, -0.05) is 5.16 Å². The number of carbonyl (C=O) groups is 2. The third kappa shape index (κ3) is 5.91. The molecule has 0 aromatic carbocycles. The van der Waals surface area contributed by atoms with Crippen molar-refractivity contribution in [1.82, 2.24) is 5.32 Å². The van der Waals surface area contributed by atoms with Gasteiger partial charge in [-0.15, -0.1) is 0 Å². The number of hydrogen-bond acceptors (Lipinski definition) is 9. The fraction of sp³-hybridized carbons (Fsp3) is 0.727. The van der Waals surface area contributed by atoms with Crippen LogP contribution in [0, 0.1) is 0 Å². The smallest absolute Gasteiger partial charge is 0.353 e. The van der Waals surface area contributed by atoms with Crippen LogP contribution < -0.4 is 5.32 Å². The first-order chi connectivity index (χ1) is 10.1. The van der Waals surface area contributed by atoms with E-state index < -0.39 is 61.1 Å². The zero-order valence-corrected chi connectivity index (χ0v) is 11.7. The molecule has 0 aliphatic carbocycles. The van der Waals surface area contributed by atoms with E-state index in [1.54, 1.807) is 0 Å². The molecule has 0 rings (SSSR count). The molecule has 0 bridgehead atoms. The van der Waals surface area contributed by atoms with Crippen LogP contribution in [0.3, 0.4) is 0 Å². The van der Waals surface area contributed by atoms with Gasteiger partial charge in [0.2, 0.25) is 5.91 Å². The van der Waals surface area contributed by atoms with Crippen LogP contribution in [-0.2, 0) is 9.59 Å². The van der Waals surface area contributed by atoms with Crippen molar-refractivity contribution in [2.45, 2.75) is 43.8 Å². The van der Waals surface area contributed by atoms with Gasteiger partial charge in [0.15, 0.2) is 5.71 Å². The van der Waals surface area contributed by atoms with Crippen LogP contribution in [0.15, 0.2) is 5.16 Å². The molecule has 11 nitrogen and oxygen atoms in total. The Balaban J connectivity index is 5.18. The van der Waals surface area contributed by atoms with Crippen LogP contribution in [0.25, 0.3) is 0 Å². The van der Waals surface area contributed by atoms with Gasteiger partial charge in [-0.05, 0) is 0 Å². The van der Waals surface area contributed by atoms with E-state index in [4.69, 9.17) is 15.4 Å². The molecule has 0 spiro atoms. The third-order valence-corrected chi connectivity index (χ3v) is 2.85. The number of rotatable bonds is 9. The standard InChI is InChI=1S/C11H20N2O9/c1-4(15)12-8(10(19)9(18)7(17)3-14)6(16)2-5(13-22)11(20)21/h6-10,14,16-19,22H,2-3H2,1H3,(H,12,15)(H,20,21)/b13-5+/t6-,7+,8+,9+,10+/m0/s1. The highest BCUT2D eigenvalue weighted by Gasteiger charge is 2.37. The molecule has 0 aromatic heterocycles. The number of aliphatic hydroxyl groups excluding tert-OH is 5. The third-order valence-electron chi connectivity index (χ3n) is 2.85. The first-order valence-corrected chi connectivity index (χ1v) is 6.20. The molecular formula is C11H20N2O9. The van der Waals surface area contributed by atoms with Crippen molar-refractivity contribution < 1.29 is 45.4 Å². The second kappa shape index (κ2) is 9.27. The van der Waals surface area contributed by atoms with Crippen LogP contribution in [0.4, 0.5) is 0 Å². The van der Waals surface area contributed by atoms with Gasteiger partial charge in [0.1, 0.15) is 18.3 Å². The molecule has 1 amide bonds. The lowest BCUT2D eigenvalue weighted by molar-refractivity contribution is -0.130. The molecule has 0 saturated carbocycles. The van der Waals surface area contributed by atoms with Gasteiger partial charge in [-0.3, -0.25) is 4.79 Å². The molecule has 0 unspecified atom stereocenters. The molecular weight excluding hydrogens is 304 g/mol. The van der Waals surface area contributed by atoms with Crippen molar-refractivity contribution in [2.75, 3.05) is 6.61 Å². The number of carboxylic acids is 1. The topological polar surface area (TPSA) is 200 Å². The monoisotopic (exact) mass is 324 g/mol. The highest BCUT2D eigenvalue weighted by molar-refractivity contribution is 6.35.